The third-order valence-corrected chi connectivity index (χ3v) is 4.03. The third kappa shape index (κ3) is 1.65. The monoisotopic (exact) mass is 195 g/mol. The average molecular weight is 195 g/mol. The number of rotatable bonds is 3. The number of aryl methyl sites for hydroxylation is 1. The molecule has 1 atom stereocenters. The van der Waals surface area contributed by atoms with Gasteiger partial charge in [-0.05, 0) is 49.7 Å². The van der Waals surface area contributed by atoms with Gasteiger partial charge >= 0.3 is 0 Å². The van der Waals surface area contributed by atoms with Crippen molar-refractivity contribution in [1.82, 2.24) is 5.32 Å². The summed E-state index contributed by atoms with van der Waals surface area (Å²) in [7, 11) is 2.08. The fraction of sp³-hybridized carbons (Fsp3) is 0.636. The van der Waals surface area contributed by atoms with Crippen LogP contribution in [0.3, 0.4) is 0 Å². The summed E-state index contributed by atoms with van der Waals surface area (Å²) in [6.07, 6.45) is 4.23. The van der Waals surface area contributed by atoms with Crippen LogP contribution in [-0.4, -0.2) is 7.05 Å². The predicted molar refractivity (Wildman–Crippen MR) is 58.2 cm³/mol. The van der Waals surface area contributed by atoms with Crippen LogP contribution in [-0.2, 0) is 0 Å². The maximum Gasteiger partial charge on any atom is 0.0357 e. The molecule has 1 heterocycles. The summed E-state index contributed by atoms with van der Waals surface area (Å²) in [5.41, 5.74) is 1.53. The van der Waals surface area contributed by atoms with E-state index in [4.69, 9.17) is 0 Å². The Kier molecular flexibility index (Phi) is 2.70. The molecule has 0 radical (unpaired) electrons. The molecule has 13 heavy (non-hydrogen) atoms. The van der Waals surface area contributed by atoms with Gasteiger partial charge in [0.1, 0.15) is 0 Å². The Balaban J connectivity index is 2.16. The van der Waals surface area contributed by atoms with Crippen molar-refractivity contribution in [3.05, 3.63) is 21.9 Å². The zero-order valence-corrected chi connectivity index (χ0v) is 9.16. The first kappa shape index (κ1) is 9.22. The van der Waals surface area contributed by atoms with Crippen LogP contribution in [0.4, 0.5) is 0 Å². The van der Waals surface area contributed by atoms with Gasteiger partial charge in [0.15, 0.2) is 0 Å². The number of thiophene rings is 1. The van der Waals surface area contributed by atoms with Crippen molar-refractivity contribution in [2.75, 3.05) is 7.05 Å². The van der Waals surface area contributed by atoms with E-state index in [1.165, 1.54) is 29.7 Å². The van der Waals surface area contributed by atoms with E-state index in [9.17, 15) is 0 Å². The predicted octanol–water partition coefficient (Wildman–Crippen LogP) is 3.12. The lowest BCUT2D eigenvalue weighted by Gasteiger charge is -2.33. The molecule has 0 amide bonds. The first-order valence-electron chi connectivity index (χ1n) is 5.04. The first-order valence-corrected chi connectivity index (χ1v) is 5.92. The molecule has 1 unspecified atom stereocenters. The molecule has 1 fully saturated rings. The highest BCUT2D eigenvalue weighted by molar-refractivity contribution is 7.10. The van der Waals surface area contributed by atoms with Crippen molar-refractivity contribution >= 4 is 11.3 Å². The zero-order valence-electron chi connectivity index (χ0n) is 8.34. The minimum absolute atomic E-state index is 0.611. The van der Waals surface area contributed by atoms with Gasteiger partial charge in [-0.25, -0.2) is 0 Å². The Morgan fingerprint density at radius 1 is 1.54 bits per heavy atom. The molecule has 1 saturated carbocycles. The van der Waals surface area contributed by atoms with Crippen LogP contribution in [0.15, 0.2) is 11.4 Å². The van der Waals surface area contributed by atoms with Gasteiger partial charge in [0.05, 0.1) is 0 Å². The number of nitrogens with one attached hydrogen (secondary N) is 1. The van der Waals surface area contributed by atoms with Crippen molar-refractivity contribution in [2.45, 2.75) is 32.2 Å². The Morgan fingerprint density at radius 3 is 2.69 bits per heavy atom. The second kappa shape index (κ2) is 3.81. The normalized spacial score (nSPS) is 19.8. The molecule has 2 heteroatoms. The quantitative estimate of drug-likeness (QED) is 0.781. The van der Waals surface area contributed by atoms with Crippen LogP contribution in [0.2, 0.25) is 0 Å². The minimum atomic E-state index is 0.611. The van der Waals surface area contributed by atoms with E-state index in [0.717, 1.165) is 5.92 Å². The molecule has 1 aliphatic rings. The summed E-state index contributed by atoms with van der Waals surface area (Å²) >= 11 is 1.86. The van der Waals surface area contributed by atoms with Crippen molar-refractivity contribution < 1.29 is 0 Å². The summed E-state index contributed by atoms with van der Waals surface area (Å²) in [5.74, 6) is 0.887. The minimum Gasteiger partial charge on any atom is -0.313 e. The molecule has 2 rings (SSSR count). The van der Waals surface area contributed by atoms with E-state index in [1.54, 1.807) is 0 Å². The van der Waals surface area contributed by atoms with E-state index in [2.05, 4.69) is 30.7 Å². The molecule has 0 aliphatic heterocycles. The standard InChI is InChI=1S/C11H17NS/c1-8-10(6-7-13-8)11(12-2)9-4-3-5-9/h6-7,9,11-12H,3-5H2,1-2H3. The fourth-order valence-corrected chi connectivity index (χ4v) is 2.89. The summed E-state index contributed by atoms with van der Waals surface area (Å²) in [5, 5.41) is 5.66. The first-order chi connectivity index (χ1) is 6.33. The van der Waals surface area contributed by atoms with E-state index in [0.29, 0.717) is 6.04 Å². The van der Waals surface area contributed by atoms with Crippen molar-refractivity contribution in [3.8, 4) is 0 Å². The lowest BCUT2D eigenvalue weighted by molar-refractivity contribution is 0.239. The SMILES string of the molecule is CNC(c1ccsc1C)C1CCC1. The molecule has 1 aromatic heterocycles. The van der Waals surface area contributed by atoms with Crippen LogP contribution in [0.1, 0.15) is 35.7 Å². The molecule has 1 aromatic rings. The van der Waals surface area contributed by atoms with Gasteiger partial charge in [-0.3, -0.25) is 0 Å². The highest BCUT2D eigenvalue weighted by atomic mass is 32.1. The molecule has 72 valence electrons. The molecule has 0 spiro atoms. The fourth-order valence-electron chi connectivity index (χ4n) is 2.14. The Bertz CT molecular complexity index is 275. The second-order valence-electron chi connectivity index (χ2n) is 3.89. The van der Waals surface area contributed by atoms with E-state index in [1.807, 2.05) is 11.3 Å². The molecule has 0 saturated heterocycles. The lowest BCUT2D eigenvalue weighted by Crippen LogP contribution is -2.29. The summed E-state index contributed by atoms with van der Waals surface area (Å²) in [4.78, 5) is 1.48. The second-order valence-corrected chi connectivity index (χ2v) is 5.01. The smallest absolute Gasteiger partial charge is 0.0357 e. The Labute approximate surface area is 84.2 Å². The largest absolute Gasteiger partial charge is 0.313 e. The van der Waals surface area contributed by atoms with Crippen LogP contribution in [0.25, 0.3) is 0 Å². The summed E-state index contributed by atoms with van der Waals surface area (Å²) in [6, 6.07) is 2.89. The highest BCUT2D eigenvalue weighted by Gasteiger charge is 2.28. The third-order valence-electron chi connectivity index (χ3n) is 3.17. The topological polar surface area (TPSA) is 12.0 Å². The van der Waals surface area contributed by atoms with E-state index in [-0.39, 0.29) is 0 Å². The zero-order chi connectivity index (χ0) is 9.26. The van der Waals surface area contributed by atoms with Crippen molar-refractivity contribution in [2.24, 2.45) is 5.92 Å². The molecule has 0 bridgehead atoms. The summed E-state index contributed by atoms with van der Waals surface area (Å²) in [6.45, 7) is 2.23. The Morgan fingerprint density at radius 2 is 2.31 bits per heavy atom. The Hall–Kier alpha value is -0.340. The van der Waals surface area contributed by atoms with Crippen molar-refractivity contribution in [1.29, 1.82) is 0 Å². The maximum atomic E-state index is 3.45. The van der Waals surface area contributed by atoms with Gasteiger partial charge in [-0.1, -0.05) is 6.42 Å². The molecule has 1 aliphatic carbocycles. The molecular formula is C11H17NS. The van der Waals surface area contributed by atoms with Gasteiger partial charge in [-0.15, -0.1) is 11.3 Å². The van der Waals surface area contributed by atoms with Gasteiger partial charge in [0.2, 0.25) is 0 Å². The summed E-state index contributed by atoms with van der Waals surface area (Å²) < 4.78 is 0. The van der Waals surface area contributed by atoms with E-state index < -0.39 is 0 Å². The average Bonchev–Trinajstić information content (AvgIpc) is 2.43. The van der Waals surface area contributed by atoms with Crippen LogP contribution < -0.4 is 5.32 Å². The molecule has 0 aromatic carbocycles. The van der Waals surface area contributed by atoms with Gasteiger partial charge in [0.25, 0.3) is 0 Å². The lowest BCUT2D eigenvalue weighted by atomic mass is 9.77. The van der Waals surface area contributed by atoms with Gasteiger partial charge in [0, 0.05) is 10.9 Å². The van der Waals surface area contributed by atoms with Gasteiger partial charge in [-0.2, -0.15) is 0 Å². The van der Waals surface area contributed by atoms with Crippen LogP contribution >= 0.6 is 11.3 Å². The maximum absolute atomic E-state index is 3.45. The van der Waals surface area contributed by atoms with Crippen LogP contribution in [0.5, 0.6) is 0 Å². The highest BCUT2D eigenvalue weighted by Crippen LogP contribution is 2.39. The number of hydrogen-bond donors (Lipinski definition) is 1. The van der Waals surface area contributed by atoms with Gasteiger partial charge < -0.3 is 5.32 Å². The molecular weight excluding hydrogens is 178 g/mol. The molecule has 1 nitrogen and oxygen atoms in total. The van der Waals surface area contributed by atoms with Crippen LogP contribution in [0, 0.1) is 12.8 Å². The van der Waals surface area contributed by atoms with E-state index >= 15 is 0 Å². The molecule has 1 N–H and O–H groups in total. The van der Waals surface area contributed by atoms with Crippen molar-refractivity contribution in [3.63, 3.8) is 0 Å². The number of hydrogen-bond acceptors (Lipinski definition) is 2.